The van der Waals surface area contributed by atoms with Crippen molar-refractivity contribution in [2.75, 3.05) is 19.7 Å². The van der Waals surface area contributed by atoms with E-state index in [2.05, 4.69) is 21.2 Å². The van der Waals surface area contributed by atoms with E-state index in [1.807, 2.05) is 0 Å². The van der Waals surface area contributed by atoms with Crippen LogP contribution in [0.5, 0.6) is 5.75 Å². The monoisotopic (exact) mass is 374 g/mol. The summed E-state index contributed by atoms with van der Waals surface area (Å²) in [5.41, 5.74) is -0.873. The quantitative estimate of drug-likeness (QED) is 0.881. The van der Waals surface area contributed by atoms with E-state index in [4.69, 9.17) is 16.3 Å². The van der Waals surface area contributed by atoms with Crippen molar-refractivity contribution >= 4 is 39.3 Å². The third kappa shape index (κ3) is 3.49. The third-order valence-corrected chi connectivity index (χ3v) is 4.19. The van der Waals surface area contributed by atoms with Gasteiger partial charge in [-0.2, -0.15) is 0 Å². The van der Waals surface area contributed by atoms with Crippen LogP contribution in [0.2, 0.25) is 5.02 Å². The standard InChI is InChI=1S/C14H16BrClN2O3/c1-14(2)13(20)17-5-6-18(14)12(19)8-21-11-4-3-9(15)7-10(11)16/h3-4,7H,5-6,8H2,1-2H3,(H,17,20). The predicted octanol–water partition coefficient (Wildman–Crippen LogP) is 2.22. The SMILES string of the molecule is CC1(C)C(=O)NCCN1C(=O)COc1ccc(Br)cc1Cl. The summed E-state index contributed by atoms with van der Waals surface area (Å²) in [7, 11) is 0. The van der Waals surface area contributed by atoms with Crippen molar-refractivity contribution in [2.24, 2.45) is 0 Å². The Kier molecular flexibility index (Phi) is 4.78. The van der Waals surface area contributed by atoms with Gasteiger partial charge in [0, 0.05) is 17.6 Å². The summed E-state index contributed by atoms with van der Waals surface area (Å²) < 4.78 is 6.29. The number of carbonyl (C=O) groups is 2. The highest BCUT2D eigenvalue weighted by Crippen LogP contribution is 2.28. The van der Waals surface area contributed by atoms with Crippen molar-refractivity contribution in [2.45, 2.75) is 19.4 Å². The topological polar surface area (TPSA) is 58.6 Å². The number of benzene rings is 1. The van der Waals surface area contributed by atoms with E-state index in [9.17, 15) is 9.59 Å². The van der Waals surface area contributed by atoms with E-state index in [1.165, 1.54) is 4.90 Å². The fourth-order valence-electron chi connectivity index (χ4n) is 2.15. The van der Waals surface area contributed by atoms with E-state index in [1.54, 1.807) is 32.0 Å². The van der Waals surface area contributed by atoms with Gasteiger partial charge in [-0.3, -0.25) is 9.59 Å². The largest absolute Gasteiger partial charge is 0.482 e. The molecule has 21 heavy (non-hydrogen) atoms. The van der Waals surface area contributed by atoms with Gasteiger partial charge in [-0.1, -0.05) is 27.5 Å². The van der Waals surface area contributed by atoms with E-state index >= 15 is 0 Å². The molecule has 1 N–H and O–H groups in total. The van der Waals surface area contributed by atoms with Gasteiger partial charge in [-0.05, 0) is 32.0 Å². The predicted molar refractivity (Wildman–Crippen MR) is 83.4 cm³/mol. The van der Waals surface area contributed by atoms with Crippen LogP contribution in [0.1, 0.15) is 13.8 Å². The molecule has 1 aromatic carbocycles. The number of nitrogens with one attached hydrogen (secondary N) is 1. The number of piperazine rings is 1. The summed E-state index contributed by atoms with van der Waals surface area (Å²) in [5.74, 6) is 0.0325. The molecule has 1 heterocycles. The summed E-state index contributed by atoms with van der Waals surface area (Å²) >= 11 is 9.33. The Morgan fingerprint density at radius 3 is 2.90 bits per heavy atom. The molecule has 0 unspecified atom stereocenters. The van der Waals surface area contributed by atoms with Gasteiger partial charge in [-0.25, -0.2) is 0 Å². The fourth-order valence-corrected chi connectivity index (χ4v) is 2.87. The highest BCUT2D eigenvalue weighted by Gasteiger charge is 2.40. The summed E-state index contributed by atoms with van der Waals surface area (Å²) in [6.45, 7) is 4.19. The van der Waals surface area contributed by atoms with Crippen LogP contribution in [-0.4, -0.2) is 41.9 Å². The van der Waals surface area contributed by atoms with Gasteiger partial charge in [-0.15, -0.1) is 0 Å². The number of rotatable bonds is 3. The van der Waals surface area contributed by atoms with Crippen LogP contribution in [0.15, 0.2) is 22.7 Å². The molecule has 0 radical (unpaired) electrons. The van der Waals surface area contributed by atoms with Crippen molar-refractivity contribution < 1.29 is 14.3 Å². The number of hydrogen-bond donors (Lipinski definition) is 1. The highest BCUT2D eigenvalue weighted by molar-refractivity contribution is 9.10. The Bertz CT molecular complexity index is 577. The molecule has 0 spiro atoms. The van der Waals surface area contributed by atoms with E-state index in [0.29, 0.717) is 23.9 Å². The summed E-state index contributed by atoms with van der Waals surface area (Å²) in [5, 5.41) is 3.17. The van der Waals surface area contributed by atoms with Crippen LogP contribution in [0.25, 0.3) is 0 Å². The molecule has 0 aliphatic carbocycles. The molecule has 5 nitrogen and oxygen atoms in total. The highest BCUT2D eigenvalue weighted by atomic mass is 79.9. The maximum Gasteiger partial charge on any atom is 0.261 e. The second kappa shape index (κ2) is 6.23. The molecule has 1 aliphatic heterocycles. The van der Waals surface area contributed by atoms with Crippen LogP contribution >= 0.6 is 27.5 Å². The molecule has 7 heteroatoms. The molecule has 2 amide bonds. The molecular formula is C14H16BrClN2O3. The van der Waals surface area contributed by atoms with Crippen molar-refractivity contribution in [1.82, 2.24) is 10.2 Å². The molecule has 1 fully saturated rings. The Hall–Kier alpha value is -1.27. The lowest BCUT2D eigenvalue weighted by Crippen LogP contribution is -2.64. The first-order valence-electron chi connectivity index (χ1n) is 6.49. The lowest BCUT2D eigenvalue weighted by molar-refractivity contribution is -0.150. The molecule has 114 valence electrons. The summed E-state index contributed by atoms with van der Waals surface area (Å²) in [6.07, 6.45) is 0. The average Bonchev–Trinajstić information content (AvgIpc) is 2.40. The minimum Gasteiger partial charge on any atom is -0.482 e. The fraction of sp³-hybridized carbons (Fsp3) is 0.429. The number of hydrogen-bond acceptors (Lipinski definition) is 3. The van der Waals surface area contributed by atoms with Crippen LogP contribution < -0.4 is 10.1 Å². The van der Waals surface area contributed by atoms with Crippen molar-refractivity contribution in [3.63, 3.8) is 0 Å². The van der Waals surface area contributed by atoms with Crippen molar-refractivity contribution in [3.8, 4) is 5.75 Å². The summed E-state index contributed by atoms with van der Waals surface area (Å²) in [4.78, 5) is 25.6. The Morgan fingerprint density at radius 2 is 2.24 bits per heavy atom. The van der Waals surface area contributed by atoms with Gasteiger partial charge in [0.15, 0.2) is 6.61 Å². The van der Waals surface area contributed by atoms with Crippen molar-refractivity contribution in [1.29, 1.82) is 0 Å². The second-order valence-electron chi connectivity index (χ2n) is 5.22. The van der Waals surface area contributed by atoms with E-state index in [0.717, 1.165) is 4.47 Å². The van der Waals surface area contributed by atoms with Gasteiger partial charge in [0.25, 0.3) is 5.91 Å². The first-order chi connectivity index (χ1) is 9.82. The number of halogens is 2. The minimum atomic E-state index is -0.873. The Labute approximate surface area is 136 Å². The van der Waals surface area contributed by atoms with Gasteiger partial charge in [0.05, 0.1) is 5.02 Å². The second-order valence-corrected chi connectivity index (χ2v) is 6.55. The van der Waals surface area contributed by atoms with Gasteiger partial charge >= 0.3 is 0 Å². The van der Waals surface area contributed by atoms with Crippen LogP contribution in [0.4, 0.5) is 0 Å². The molecule has 0 saturated carbocycles. The third-order valence-electron chi connectivity index (χ3n) is 3.40. The van der Waals surface area contributed by atoms with E-state index < -0.39 is 5.54 Å². The average molecular weight is 376 g/mol. The maximum atomic E-state index is 12.3. The zero-order chi connectivity index (χ0) is 15.6. The van der Waals surface area contributed by atoms with Gasteiger partial charge < -0.3 is 15.0 Å². The molecular weight excluding hydrogens is 360 g/mol. The number of ether oxygens (including phenoxy) is 1. The van der Waals surface area contributed by atoms with Gasteiger partial charge in [0.2, 0.25) is 5.91 Å². The number of amides is 2. The smallest absolute Gasteiger partial charge is 0.261 e. The molecule has 2 rings (SSSR count). The summed E-state index contributed by atoms with van der Waals surface area (Å²) in [6, 6.07) is 5.16. The molecule has 0 aromatic heterocycles. The first-order valence-corrected chi connectivity index (χ1v) is 7.66. The Morgan fingerprint density at radius 1 is 1.52 bits per heavy atom. The minimum absolute atomic E-state index is 0.155. The van der Waals surface area contributed by atoms with Crippen LogP contribution in [0, 0.1) is 0 Å². The zero-order valence-corrected chi connectivity index (χ0v) is 14.1. The van der Waals surface area contributed by atoms with Crippen molar-refractivity contribution in [3.05, 3.63) is 27.7 Å². The van der Waals surface area contributed by atoms with Crippen LogP contribution in [-0.2, 0) is 9.59 Å². The first kappa shape index (κ1) is 16.1. The molecule has 0 bridgehead atoms. The molecule has 0 atom stereocenters. The number of nitrogens with zero attached hydrogens (tertiary/aromatic N) is 1. The number of carbonyl (C=O) groups excluding carboxylic acids is 2. The normalized spacial score (nSPS) is 17.3. The zero-order valence-electron chi connectivity index (χ0n) is 11.8. The lowest BCUT2D eigenvalue weighted by atomic mass is 9.99. The lowest BCUT2D eigenvalue weighted by Gasteiger charge is -2.41. The van der Waals surface area contributed by atoms with Crippen LogP contribution in [0.3, 0.4) is 0 Å². The van der Waals surface area contributed by atoms with Gasteiger partial charge in [0.1, 0.15) is 11.3 Å². The molecule has 1 aromatic rings. The molecule has 1 saturated heterocycles. The Balaban J connectivity index is 2.03. The molecule has 1 aliphatic rings. The van der Waals surface area contributed by atoms with E-state index in [-0.39, 0.29) is 18.4 Å². The maximum absolute atomic E-state index is 12.3.